The van der Waals surface area contributed by atoms with Crippen LogP contribution in [0.25, 0.3) is 0 Å². The van der Waals surface area contributed by atoms with E-state index < -0.39 is 0 Å². The van der Waals surface area contributed by atoms with Crippen LogP contribution < -0.4 is 15.4 Å². The van der Waals surface area contributed by atoms with Gasteiger partial charge in [0.1, 0.15) is 11.5 Å². The van der Waals surface area contributed by atoms with Gasteiger partial charge in [-0.2, -0.15) is 4.98 Å². The van der Waals surface area contributed by atoms with Gasteiger partial charge in [-0.3, -0.25) is 9.59 Å². The van der Waals surface area contributed by atoms with Gasteiger partial charge < -0.3 is 25.0 Å². The summed E-state index contributed by atoms with van der Waals surface area (Å²) < 4.78 is 10.4. The van der Waals surface area contributed by atoms with Crippen molar-refractivity contribution in [3.63, 3.8) is 0 Å². The number of nitrogens with one attached hydrogen (secondary N) is 2. The zero-order chi connectivity index (χ0) is 21.3. The van der Waals surface area contributed by atoms with Crippen molar-refractivity contribution in [2.75, 3.05) is 13.1 Å². The van der Waals surface area contributed by atoms with E-state index in [1.807, 2.05) is 0 Å². The second-order valence-electron chi connectivity index (χ2n) is 6.46. The van der Waals surface area contributed by atoms with Crippen molar-refractivity contribution >= 4 is 11.8 Å². The number of benzene rings is 2. The Labute approximate surface area is 173 Å². The Morgan fingerprint density at radius 1 is 1.03 bits per heavy atom. The SMILES string of the molecule is Cc1nc(COc2ccc(C(=O)NCCCNC(=O)c3cccc(O)c3)cc2)no1. The van der Waals surface area contributed by atoms with Gasteiger partial charge in [0.25, 0.3) is 11.8 Å². The quantitative estimate of drug-likeness (QED) is 0.462. The summed E-state index contributed by atoms with van der Waals surface area (Å²) in [6.45, 7) is 2.69. The van der Waals surface area contributed by atoms with Gasteiger partial charge >= 0.3 is 0 Å². The normalized spacial score (nSPS) is 10.4. The summed E-state index contributed by atoms with van der Waals surface area (Å²) in [4.78, 5) is 28.2. The number of hydrogen-bond donors (Lipinski definition) is 3. The predicted molar refractivity (Wildman–Crippen MR) is 107 cm³/mol. The van der Waals surface area contributed by atoms with E-state index in [0.717, 1.165) is 0 Å². The molecule has 0 saturated carbocycles. The van der Waals surface area contributed by atoms with Crippen LogP contribution in [-0.4, -0.2) is 40.2 Å². The summed E-state index contributed by atoms with van der Waals surface area (Å²) in [6.07, 6.45) is 0.571. The van der Waals surface area contributed by atoms with Crippen molar-refractivity contribution in [1.82, 2.24) is 20.8 Å². The molecular weight excluding hydrogens is 388 g/mol. The zero-order valence-electron chi connectivity index (χ0n) is 16.4. The van der Waals surface area contributed by atoms with Gasteiger partial charge in [0, 0.05) is 31.1 Å². The number of phenolic OH excluding ortho intramolecular Hbond substituents is 1. The van der Waals surface area contributed by atoms with Crippen LogP contribution in [-0.2, 0) is 6.61 Å². The molecule has 156 valence electrons. The lowest BCUT2D eigenvalue weighted by Crippen LogP contribution is -2.29. The van der Waals surface area contributed by atoms with Gasteiger partial charge in [0.15, 0.2) is 6.61 Å². The number of aromatic hydroxyl groups is 1. The molecule has 0 atom stereocenters. The Bertz CT molecular complexity index is 1000. The van der Waals surface area contributed by atoms with Crippen LogP contribution in [0.3, 0.4) is 0 Å². The van der Waals surface area contributed by atoms with Crippen molar-refractivity contribution in [3.05, 3.63) is 71.4 Å². The average Bonchev–Trinajstić information content (AvgIpc) is 3.17. The predicted octanol–water partition coefficient (Wildman–Crippen LogP) is 2.21. The molecule has 1 aromatic heterocycles. The number of carbonyl (C=O) groups is 2. The molecule has 0 saturated heterocycles. The van der Waals surface area contributed by atoms with Crippen molar-refractivity contribution in [2.24, 2.45) is 0 Å². The van der Waals surface area contributed by atoms with Crippen LogP contribution in [0.15, 0.2) is 53.1 Å². The minimum atomic E-state index is -0.274. The maximum absolute atomic E-state index is 12.2. The maximum Gasteiger partial charge on any atom is 0.251 e. The number of rotatable bonds is 9. The number of amides is 2. The molecule has 2 aromatic carbocycles. The molecular formula is C21H22N4O5. The fraction of sp³-hybridized carbons (Fsp3) is 0.238. The molecule has 3 aromatic rings. The van der Waals surface area contributed by atoms with Crippen LogP contribution in [0.4, 0.5) is 0 Å². The van der Waals surface area contributed by atoms with E-state index in [9.17, 15) is 14.7 Å². The van der Waals surface area contributed by atoms with Gasteiger partial charge in [-0.1, -0.05) is 11.2 Å². The first kappa shape index (κ1) is 20.8. The second kappa shape index (κ2) is 10.1. The average molecular weight is 410 g/mol. The molecule has 0 fully saturated rings. The van der Waals surface area contributed by atoms with Crippen LogP contribution >= 0.6 is 0 Å². The van der Waals surface area contributed by atoms with Crippen molar-refractivity contribution in [2.45, 2.75) is 20.0 Å². The Balaban J connectivity index is 1.36. The molecule has 3 rings (SSSR count). The summed E-state index contributed by atoms with van der Waals surface area (Å²) in [5.41, 5.74) is 0.886. The van der Waals surface area contributed by atoms with Crippen LogP contribution in [0.5, 0.6) is 11.5 Å². The van der Waals surface area contributed by atoms with E-state index in [4.69, 9.17) is 9.26 Å². The lowest BCUT2D eigenvalue weighted by Gasteiger charge is -2.08. The summed E-state index contributed by atoms with van der Waals surface area (Å²) in [5, 5.41) is 18.7. The number of phenols is 1. The van der Waals surface area contributed by atoms with Gasteiger partial charge in [0.2, 0.25) is 11.7 Å². The van der Waals surface area contributed by atoms with Crippen LogP contribution in [0.2, 0.25) is 0 Å². The highest BCUT2D eigenvalue weighted by atomic mass is 16.5. The number of aromatic nitrogens is 2. The highest BCUT2D eigenvalue weighted by Crippen LogP contribution is 2.14. The van der Waals surface area contributed by atoms with Gasteiger partial charge in [0.05, 0.1) is 0 Å². The van der Waals surface area contributed by atoms with Crippen LogP contribution in [0.1, 0.15) is 38.9 Å². The molecule has 0 aliphatic heterocycles. The molecule has 1 heterocycles. The minimum absolute atomic E-state index is 0.0382. The van der Waals surface area contributed by atoms with Crippen molar-refractivity contribution < 1.29 is 24.0 Å². The van der Waals surface area contributed by atoms with E-state index in [0.29, 0.717) is 48.1 Å². The number of hydrogen-bond acceptors (Lipinski definition) is 7. The molecule has 30 heavy (non-hydrogen) atoms. The first-order valence-corrected chi connectivity index (χ1v) is 9.39. The van der Waals surface area contributed by atoms with E-state index in [2.05, 4.69) is 20.8 Å². The third-order valence-corrected chi connectivity index (χ3v) is 4.09. The lowest BCUT2D eigenvalue weighted by molar-refractivity contribution is 0.0951. The fourth-order valence-corrected chi connectivity index (χ4v) is 2.59. The van der Waals surface area contributed by atoms with Gasteiger partial charge in [-0.25, -0.2) is 0 Å². The first-order chi connectivity index (χ1) is 14.5. The van der Waals surface area contributed by atoms with E-state index in [1.165, 1.54) is 12.1 Å². The van der Waals surface area contributed by atoms with Crippen molar-refractivity contribution in [1.29, 1.82) is 0 Å². The summed E-state index contributed by atoms with van der Waals surface area (Å²) in [7, 11) is 0. The molecule has 0 unspecified atom stereocenters. The van der Waals surface area contributed by atoms with Crippen molar-refractivity contribution in [3.8, 4) is 11.5 Å². The molecule has 3 N–H and O–H groups in total. The monoisotopic (exact) mass is 410 g/mol. The third kappa shape index (κ3) is 6.06. The zero-order valence-corrected chi connectivity index (χ0v) is 16.4. The first-order valence-electron chi connectivity index (χ1n) is 9.39. The maximum atomic E-state index is 12.2. The smallest absolute Gasteiger partial charge is 0.251 e. The Morgan fingerprint density at radius 2 is 1.73 bits per heavy atom. The summed E-state index contributed by atoms with van der Waals surface area (Å²) in [6, 6.07) is 12.8. The number of ether oxygens (including phenoxy) is 1. The highest BCUT2D eigenvalue weighted by Gasteiger charge is 2.08. The topological polar surface area (TPSA) is 127 Å². The molecule has 0 radical (unpaired) electrons. The standard InChI is InChI=1S/C21H22N4O5/c1-14-24-19(25-30-14)13-29-18-8-6-15(7-9-18)20(27)22-10-3-11-23-21(28)16-4-2-5-17(26)12-16/h2,4-9,12,26H,3,10-11,13H2,1H3,(H,22,27)(H,23,28). The van der Waals surface area contributed by atoms with E-state index in [-0.39, 0.29) is 24.2 Å². The highest BCUT2D eigenvalue weighted by molar-refractivity contribution is 5.95. The van der Waals surface area contributed by atoms with E-state index >= 15 is 0 Å². The minimum Gasteiger partial charge on any atom is -0.508 e. The molecule has 2 amide bonds. The third-order valence-electron chi connectivity index (χ3n) is 4.09. The number of nitrogens with zero attached hydrogens (tertiary/aromatic N) is 2. The molecule has 9 nitrogen and oxygen atoms in total. The van der Waals surface area contributed by atoms with E-state index in [1.54, 1.807) is 43.3 Å². The van der Waals surface area contributed by atoms with Gasteiger partial charge in [-0.05, 0) is 48.9 Å². The fourth-order valence-electron chi connectivity index (χ4n) is 2.59. The molecule has 0 bridgehead atoms. The largest absolute Gasteiger partial charge is 0.508 e. The molecule has 0 aliphatic carbocycles. The Morgan fingerprint density at radius 3 is 2.37 bits per heavy atom. The Hall–Kier alpha value is -3.88. The summed E-state index contributed by atoms with van der Waals surface area (Å²) in [5.74, 6) is 1.06. The van der Waals surface area contributed by atoms with Crippen LogP contribution in [0, 0.1) is 6.92 Å². The molecule has 9 heteroatoms. The Kier molecular flexibility index (Phi) is 6.99. The summed E-state index contributed by atoms with van der Waals surface area (Å²) >= 11 is 0. The lowest BCUT2D eigenvalue weighted by atomic mass is 10.2. The molecule has 0 spiro atoms. The number of aryl methyl sites for hydroxylation is 1. The second-order valence-corrected chi connectivity index (χ2v) is 6.46. The number of carbonyl (C=O) groups excluding carboxylic acids is 2. The van der Waals surface area contributed by atoms with Gasteiger partial charge in [-0.15, -0.1) is 0 Å². The molecule has 0 aliphatic rings.